The molecule has 10 heteroatoms. The largest absolute Gasteiger partial charge is 0.390 e. The van der Waals surface area contributed by atoms with Crippen LogP contribution in [0, 0.1) is 0 Å². The van der Waals surface area contributed by atoms with Crippen LogP contribution in [0.3, 0.4) is 0 Å². The quantitative estimate of drug-likeness (QED) is 0.801. The summed E-state index contributed by atoms with van der Waals surface area (Å²) in [7, 11) is -3.76. The zero-order chi connectivity index (χ0) is 18.5. The Bertz CT molecular complexity index is 947. The Hall–Kier alpha value is -1.97. The number of benzene rings is 1. The Morgan fingerprint density at radius 2 is 1.92 bits per heavy atom. The van der Waals surface area contributed by atoms with E-state index in [0.717, 1.165) is 0 Å². The van der Waals surface area contributed by atoms with E-state index in [2.05, 4.69) is 10.3 Å². The fourth-order valence-corrected chi connectivity index (χ4v) is 5.26. The number of hydrogen-bond donors (Lipinski definition) is 1. The van der Waals surface area contributed by atoms with Gasteiger partial charge < -0.3 is 10.0 Å². The molecular weight excluding hydrogens is 380 g/mol. The van der Waals surface area contributed by atoms with Crippen molar-refractivity contribution in [2.45, 2.75) is 35.1 Å². The van der Waals surface area contributed by atoms with Crippen LogP contribution in [-0.4, -0.2) is 57.2 Å². The average Bonchev–Trinajstić information content (AvgIpc) is 3.28. The summed E-state index contributed by atoms with van der Waals surface area (Å²) in [6, 6.07) is 5.85. The van der Waals surface area contributed by atoms with Crippen LogP contribution in [0.2, 0.25) is 5.02 Å². The molecule has 0 radical (unpaired) electrons. The minimum Gasteiger partial charge on any atom is -0.390 e. The lowest BCUT2D eigenvalue weighted by atomic mass is 10.1. The Labute approximate surface area is 155 Å². The van der Waals surface area contributed by atoms with Gasteiger partial charge in [0.2, 0.25) is 5.91 Å². The van der Waals surface area contributed by atoms with Crippen LogP contribution in [0.4, 0.5) is 0 Å². The van der Waals surface area contributed by atoms with Crippen molar-refractivity contribution in [2.24, 2.45) is 0 Å². The topological polar surface area (TPSA) is 105 Å². The van der Waals surface area contributed by atoms with E-state index in [1.807, 2.05) is 0 Å². The predicted octanol–water partition coefficient (Wildman–Crippen LogP) is 0.814. The number of carbonyl (C=O) groups is 1. The first-order valence-electron chi connectivity index (χ1n) is 8.18. The van der Waals surface area contributed by atoms with Crippen molar-refractivity contribution in [2.75, 3.05) is 13.1 Å². The molecular formula is C16H17ClN4O4S. The lowest BCUT2D eigenvalue weighted by Gasteiger charge is -2.40. The summed E-state index contributed by atoms with van der Waals surface area (Å²) in [5.41, 5.74) is 0.457. The van der Waals surface area contributed by atoms with Crippen LogP contribution in [0.5, 0.6) is 0 Å². The first kappa shape index (κ1) is 17.4. The fourth-order valence-electron chi connectivity index (χ4n) is 3.19. The second-order valence-corrected chi connectivity index (χ2v) is 9.36. The van der Waals surface area contributed by atoms with E-state index in [1.165, 1.54) is 24.3 Å². The highest BCUT2D eigenvalue weighted by atomic mass is 35.5. The summed E-state index contributed by atoms with van der Waals surface area (Å²) in [6.45, 7) is 0.563. The molecule has 0 atom stereocenters. The van der Waals surface area contributed by atoms with Crippen LogP contribution in [-0.2, 0) is 21.2 Å². The van der Waals surface area contributed by atoms with Gasteiger partial charge in [-0.05, 0) is 37.1 Å². The van der Waals surface area contributed by atoms with E-state index in [0.29, 0.717) is 36.6 Å². The molecule has 1 saturated heterocycles. The van der Waals surface area contributed by atoms with Crippen LogP contribution >= 0.6 is 11.6 Å². The van der Waals surface area contributed by atoms with Gasteiger partial charge in [-0.15, -0.1) is 5.10 Å². The molecule has 1 N–H and O–H groups in total. The maximum Gasteiger partial charge on any atom is 0.244 e. The lowest BCUT2D eigenvalue weighted by Crippen LogP contribution is -2.56. The molecule has 2 aliphatic rings. The van der Waals surface area contributed by atoms with Crippen LogP contribution in [0.15, 0.2) is 35.4 Å². The molecule has 1 aromatic heterocycles. The van der Waals surface area contributed by atoms with E-state index in [9.17, 15) is 13.2 Å². The van der Waals surface area contributed by atoms with E-state index in [-0.39, 0.29) is 23.5 Å². The number of rotatable bonds is 5. The molecule has 1 aromatic carbocycles. The van der Waals surface area contributed by atoms with Crippen molar-refractivity contribution in [1.29, 1.82) is 0 Å². The monoisotopic (exact) mass is 396 g/mol. The molecule has 0 unspecified atom stereocenters. The number of aromatic nitrogens is 3. The summed E-state index contributed by atoms with van der Waals surface area (Å²) in [5.74, 6) is -0.355. The molecule has 26 heavy (non-hydrogen) atoms. The number of halogens is 1. The number of sulfone groups is 1. The third kappa shape index (κ3) is 2.62. The molecule has 2 aromatic rings. The van der Waals surface area contributed by atoms with Crippen LogP contribution in [0.1, 0.15) is 24.6 Å². The molecule has 0 bridgehead atoms. The van der Waals surface area contributed by atoms with Gasteiger partial charge in [0.15, 0.2) is 14.6 Å². The van der Waals surface area contributed by atoms with Gasteiger partial charge in [-0.2, -0.15) is 0 Å². The molecule has 1 aliphatic carbocycles. The van der Waals surface area contributed by atoms with Gasteiger partial charge in [0, 0.05) is 18.1 Å². The molecule has 2 heterocycles. The maximum atomic E-state index is 13.0. The Morgan fingerprint density at radius 1 is 1.27 bits per heavy atom. The van der Waals surface area contributed by atoms with Crippen molar-refractivity contribution >= 4 is 27.3 Å². The Kier molecular flexibility index (Phi) is 4.05. The molecule has 1 aliphatic heterocycles. The number of hydrogen-bond acceptors (Lipinski definition) is 6. The third-order valence-corrected chi connectivity index (χ3v) is 7.73. The number of nitrogens with zero attached hydrogens (tertiary/aromatic N) is 4. The van der Waals surface area contributed by atoms with Crippen molar-refractivity contribution in [3.63, 3.8) is 0 Å². The standard InChI is InChI=1S/C16H17ClN4O4S/c17-11-1-3-14(4-2-11)26(24,25)16(5-6-16)15(23)20-8-13(9-20)21-7-12(10-22)18-19-21/h1-4,7,13,22H,5-6,8-10H2. The number of aliphatic hydroxyl groups is 1. The van der Waals surface area contributed by atoms with Crippen molar-refractivity contribution in [1.82, 2.24) is 19.9 Å². The van der Waals surface area contributed by atoms with Gasteiger partial charge >= 0.3 is 0 Å². The summed E-state index contributed by atoms with van der Waals surface area (Å²) in [4.78, 5) is 14.5. The molecule has 138 valence electrons. The fraction of sp³-hybridized carbons (Fsp3) is 0.438. The van der Waals surface area contributed by atoms with E-state index in [1.54, 1.807) is 15.8 Å². The lowest BCUT2D eigenvalue weighted by molar-refractivity contribution is -0.137. The van der Waals surface area contributed by atoms with Crippen molar-refractivity contribution < 1.29 is 18.3 Å². The Morgan fingerprint density at radius 3 is 2.46 bits per heavy atom. The van der Waals surface area contributed by atoms with E-state index < -0.39 is 14.6 Å². The van der Waals surface area contributed by atoms with E-state index >= 15 is 0 Å². The van der Waals surface area contributed by atoms with Crippen molar-refractivity contribution in [3.05, 3.63) is 41.2 Å². The van der Waals surface area contributed by atoms with Crippen molar-refractivity contribution in [3.8, 4) is 0 Å². The molecule has 0 spiro atoms. The maximum absolute atomic E-state index is 13.0. The zero-order valence-electron chi connectivity index (χ0n) is 13.7. The first-order valence-corrected chi connectivity index (χ1v) is 10.0. The highest BCUT2D eigenvalue weighted by Gasteiger charge is 2.63. The summed E-state index contributed by atoms with van der Waals surface area (Å²) in [5, 5.41) is 17.2. The molecule has 1 amide bonds. The van der Waals surface area contributed by atoms with Gasteiger partial charge in [-0.1, -0.05) is 16.8 Å². The van der Waals surface area contributed by atoms with Gasteiger partial charge in [0.25, 0.3) is 0 Å². The van der Waals surface area contributed by atoms with Crippen LogP contribution < -0.4 is 0 Å². The number of carbonyl (C=O) groups excluding carboxylic acids is 1. The highest BCUT2D eigenvalue weighted by molar-refractivity contribution is 7.94. The number of aliphatic hydroxyl groups excluding tert-OH is 1. The predicted molar refractivity (Wildman–Crippen MR) is 92.2 cm³/mol. The summed E-state index contributed by atoms with van der Waals surface area (Å²) in [6.07, 6.45) is 2.29. The average molecular weight is 397 g/mol. The first-order chi connectivity index (χ1) is 12.4. The molecule has 1 saturated carbocycles. The van der Waals surface area contributed by atoms with Gasteiger partial charge in [0.05, 0.1) is 23.7 Å². The van der Waals surface area contributed by atoms with E-state index in [4.69, 9.17) is 16.7 Å². The third-order valence-electron chi connectivity index (χ3n) is 4.98. The smallest absolute Gasteiger partial charge is 0.244 e. The molecule has 2 fully saturated rings. The normalized spacial score (nSPS) is 19.2. The Balaban J connectivity index is 1.49. The SMILES string of the molecule is O=C(N1CC(n2cc(CO)nn2)C1)C1(S(=O)(=O)c2ccc(Cl)cc2)CC1. The minimum atomic E-state index is -3.76. The highest BCUT2D eigenvalue weighted by Crippen LogP contribution is 2.49. The number of likely N-dealkylation sites (tertiary alicyclic amines) is 1. The van der Waals surface area contributed by atoms with Gasteiger partial charge in [-0.25, -0.2) is 13.1 Å². The zero-order valence-corrected chi connectivity index (χ0v) is 15.3. The molecule has 8 nitrogen and oxygen atoms in total. The molecule has 4 rings (SSSR count). The van der Waals surface area contributed by atoms with Gasteiger partial charge in [0.1, 0.15) is 5.69 Å². The second kappa shape index (κ2) is 6.04. The van der Waals surface area contributed by atoms with Crippen LogP contribution in [0.25, 0.3) is 0 Å². The minimum absolute atomic E-state index is 0.0548. The summed E-state index contributed by atoms with van der Waals surface area (Å²) < 4.78 is 26.2. The number of amides is 1. The summed E-state index contributed by atoms with van der Waals surface area (Å²) >= 11 is 5.82. The second-order valence-electron chi connectivity index (χ2n) is 6.66. The van der Waals surface area contributed by atoms with Gasteiger partial charge in [-0.3, -0.25) is 4.79 Å².